The van der Waals surface area contributed by atoms with E-state index in [0.29, 0.717) is 11.5 Å². The third-order valence-electron chi connectivity index (χ3n) is 4.63. The van der Waals surface area contributed by atoms with Gasteiger partial charge in [0.25, 0.3) is 0 Å². The van der Waals surface area contributed by atoms with Crippen molar-refractivity contribution >= 4 is 15.7 Å². The molecular weight excluding hydrogens is 406 g/mol. The van der Waals surface area contributed by atoms with Crippen molar-refractivity contribution < 1.29 is 27.1 Å². The minimum absolute atomic E-state index is 0.114. The first-order chi connectivity index (χ1) is 14.4. The van der Waals surface area contributed by atoms with Crippen LogP contribution in [0, 0.1) is 0 Å². The van der Waals surface area contributed by atoms with Gasteiger partial charge in [-0.05, 0) is 54.1 Å². The summed E-state index contributed by atoms with van der Waals surface area (Å²) in [7, 11) is -0.730. The summed E-state index contributed by atoms with van der Waals surface area (Å²) in [6, 6.07) is 16.4. The molecule has 0 bridgehead atoms. The largest absolute Gasteiger partial charge is 0.497 e. The molecule has 3 rings (SSSR count). The molecule has 158 valence electrons. The number of benzene rings is 2. The van der Waals surface area contributed by atoms with Crippen molar-refractivity contribution in [3.05, 3.63) is 78.3 Å². The zero-order valence-electron chi connectivity index (χ0n) is 16.7. The molecule has 0 saturated heterocycles. The molecule has 8 heteroatoms. The van der Waals surface area contributed by atoms with Gasteiger partial charge < -0.3 is 19.2 Å². The Morgan fingerprint density at radius 2 is 1.57 bits per heavy atom. The van der Waals surface area contributed by atoms with Gasteiger partial charge in [-0.2, -0.15) is 0 Å². The van der Waals surface area contributed by atoms with Gasteiger partial charge in [0.15, 0.2) is 9.84 Å². The van der Waals surface area contributed by atoms with Crippen molar-refractivity contribution in [2.75, 3.05) is 20.8 Å². The van der Waals surface area contributed by atoms with Crippen LogP contribution in [0.4, 0.5) is 0 Å². The normalized spacial score (nSPS) is 12.2. The highest BCUT2D eigenvalue weighted by atomic mass is 32.2. The molecule has 0 unspecified atom stereocenters. The van der Waals surface area contributed by atoms with Gasteiger partial charge in [-0.25, -0.2) is 8.42 Å². The number of sulfone groups is 1. The van der Waals surface area contributed by atoms with Crippen LogP contribution in [0.1, 0.15) is 16.6 Å². The lowest BCUT2D eigenvalue weighted by Crippen LogP contribution is -2.32. The van der Waals surface area contributed by atoms with Crippen molar-refractivity contribution in [3.8, 4) is 11.5 Å². The number of carbonyl (C=O) groups is 1. The van der Waals surface area contributed by atoms with E-state index in [-0.39, 0.29) is 29.5 Å². The second-order valence-electron chi connectivity index (χ2n) is 6.55. The van der Waals surface area contributed by atoms with E-state index in [1.807, 2.05) is 0 Å². The maximum atomic E-state index is 13.2. The molecule has 0 aliphatic heterocycles. The molecule has 0 aliphatic carbocycles. The number of amides is 1. The Morgan fingerprint density at radius 1 is 0.967 bits per heavy atom. The SMILES string of the molecule is COc1ccc(CC(=O)NC[C@@H](c2ccco2)S(=O)(=O)c2ccc(OC)cc2)cc1. The van der Waals surface area contributed by atoms with E-state index in [1.54, 1.807) is 55.6 Å². The summed E-state index contributed by atoms with van der Waals surface area (Å²) in [5.41, 5.74) is 0.792. The lowest BCUT2D eigenvalue weighted by Gasteiger charge is -2.17. The second kappa shape index (κ2) is 9.49. The highest BCUT2D eigenvalue weighted by Gasteiger charge is 2.31. The minimum atomic E-state index is -3.81. The Kier molecular flexibility index (Phi) is 6.79. The van der Waals surface area contributed by atoms with Gasteiger partial charge in [0.1, 0.15) is 22.5 Å². The van der Waals surface area contributed by atoms with Gasteiger partial charge >= 0.3 is 0 Å². The quantitative estimate of drug-likeness (QED) is 0.561. The van der Waals surface area contributed by atoms with Crippen molar-refractivity contribution in [2.45, 2.75) is 16.6 Å². The number of hydrogen-bond donors (Lipinski definition) is 1. The zero-order chi connectivity index (χ0) is 21.6. The summed E-state index contributed by atoms with van der Waals surface area (Å²) >= 11 is 0. The third-order valence-corrected chi connectivity index (χ3v) is 6.71. The molecule has 1 heterocycles. The lowest BCUT2D eigenvalue weighted by molar-refractivity contribution is -0.120. The predicted octanol–water partition coefficient (Wildman–Crippen LogP) is 3.17. The fraction of sp³-hybridized carbons (Fsp3) is 0.227. The van der Waals surface area contributed by atoms with Gasteiger partial charge in [0.05, 0.1) is 31.8 Å². The number of rotatable bonds is 9. The van der Waals surface area contributed by atoms with Crippen molar-refractivity contribution in [3.63, 3.8) is 0 Å². The van der Waals surface area contributed by atoms with E-state index in [4.69, 9.17) is 13.9 Å². The molecule has 2 aromatic carbocycles. The number of ether oxygens (including phenoxy) is 2. The van der Waals surface area contributed by atoms with Gasteiger partial charge in [-0.1, -0.05) is 12.1 Å². The maximum Gasteiger partial charge on any atom is 0.224 e. The van der Waals surface area contributed by atoms with Crippen LogP contribution in [0.25, 0.3) is 0 Å². The van der Waals surface area contributed by atoms with E-state index in [9.17, 15) is 13.2 Å². The molecule has 7 nitrogen and oxygen atoms in total. The van der Waals surface area contributed by atoms with Crippen molar-refractivity contribution in [1.82, 2.24) is 5.32 Å². The number of carbonyl (C=O) groups excluding carboxylic acids is 1. The topological polar surface area (TPSA) is 94.8 Å². The monoisotopic (exact) mass is 429 g/mol. The van der Waals surface area contributed by atoms with Crippen LogP contribution in [0.2, 0.25) is 0 Å². The summed E-state index contributed by atoms with van der Waals surface area (Å²) < 4.78 is 42.0. The zero-order valence-corrected chi connectivity index (χ0v) is 17.5. The van der Waals surface area contributed by atoms with Crippen LogP contribution in [0.15, 0.2) is 76.2 Å². The molecule has 30 heavy (non-hydrogen) atoms. The molecule has 3 aromatic rings. The molecular formula is C22H23NO6S. The van der Waals surface area contributed by atoms with Crippen LogP contribution in [-0.2, 0) is 21.1 Å². The molecule has 0 radical (unpaired) electrons. The van der Waals surface area contributed by atoms with E-state index in [1.165, 1.54) is 25.5 Å². The standard InChI is InChI=1S/C22H23NO6S/c1-27-17-7-5-16(6-8-17)14-22(24)23-15-21(20-4-3-13-29-20)30(25,26)19-11-9-18(28-2)10-12-19/h3-13,21H,14-15H2,1-2H3,(H,23,24)/t21-/m0/s1. The summed E-state index contributed by atoms with van der Waals surface area (Å²) in [4.78, 5) is 12.5. The average Bonchev–Trinajstić information content (AvgIpc) is 3.28. The fourth-order valence-electron chi connectivity index (χ4n) is 2.97. The van der Waals surface area contributed by atoms with Crippen LogP contribution < -0.4 is 14.8 Å². The molecule has 0 spiro atoms. The van der Waals surface area contributed by atoms with Crippen LogP contribution >= 0.6 is 0 Å². The lowest BCUT2D eigenvalue weighted by atomic mass is 10.1. The van der Waals surface area contributed by atoms with Crippen molar-refractivity contribution in [1.29, 1.82) is 0 Å². The number of methoxy groups -OCH3 is 2. The Hall–Kier alpha value is -3.26. The number of nitrogens with one attached hydrogen (secondary N) is 1. The average molecular weight is 429 g/mol. The summed E-state index contributed by atoms with van der Waals surface area (Å²) in [6.45, 7) is -0.114. The number of furan rings is 1. The fourth-order valence-corrected chi connectivity index (χ4v) is 4.55. The Balaban J connectivity index is 1.74. The summed E-state index contributed by atoms with van der Waals surface area (Å²) in [5.74, 6) is 1.22. The van der Waals surface area contributed by atoms with Gasteiger partial charge in [0.2, 0.25) is 5.91 Å². The Labute approximate surface area is 175 Å². The highest BCUT2D eigenvalue weighted by Crippen LogP contribution is 2.30. The molecule has 0 aliphatic rings. The first-order valence-corrected chi connectivity index (χ1v) is 10.8. The van der Waals surface area contributed by atoms with E-state index in [0.717, 1.165) is 5.56 Å². The predicted molar refractivity (Wildman–Crippen MR) is 111 cm³/mol. The highest BCUT2D eigenvalue weighted by molar-refractivity contribution is 7.91. The second-order valence-corrected chi connectivity index (χ2v) is 8.68. The Morgan fingerprint density at radius 3 is 2.10 bits per heavy atom. The van der Waals surface area contributed by atoms with E-state index >= 15 is 0 Å². The molecule has 1 atom stereocenters. The van der Waals surface area contributed by atoms with Crippen LogP contribution in [0.5, 0.6) is 11.5 Å². The first kappa shape index (κ1) is 21.4. The molecule has 1 N–H and O–H groups in total. The van der Waals surface area contributed by atoms with Gasteiger partial charge in [-0.3, -0.25) is 4.79 Å². The van der Waals surface area contributed by atoms with Crippen LogP contribution in [-0.4, -0.2) is 35.1 Å². The molecule has 0 fully saturated rings. The molecule has 1 amide bonds. The van der Waals surface area contributed by atoms with E-state index < -0.39 is 15.1 Å². The minimum Gasteiger partial charge on any atom is -0.497 e. The Bertz CT molecular complexity index is 1060. The van der Waals surface area contributed by atoms with Gasteiger partial charge in [0, 0.05) is 6.54 Å². The smallest absolute Gasteiger partial charge is 0.224 e. The summed E-state index contributed by atoms with van der Waals surface area (Å²) in [5, 5.41) is 1.66. The third kappa shape index (κ3) is 5.01. The number of hydrogen-bond acceptors (Lipinski definition) is 6. The molecule has 0 saturated carbocycles. The first-order valence-electron chi connectivity index (χ1n) is 9.25. The maximum absolute atomic E-state index is 13.2. The van der Waals surface area contributed by atoms with Gasteiger partial charge in [-0.15, -0.1) is 0 Å². The molecule has 1 aromatic heterocycles. The van der Waals surface area contributed by atoms with Crippen molar-refractivity contribution in [2.24, 2.45) is 0 Å². The summed E-state index contributed by atoms with van der Waals surface area (Å²) in [6.07, 6.45) is 1.53. The van der Waals surface area contributed by atoms with E-state index in [2.05, 4.69) is 5.32 Å². The van der Waals surface area contributed by atoms with Crippen LogP contribution in [0.3, 0.4) is 0 Å².